The Hall–Kier alpha value is -3.48. The Kier molecular flexibility index (Phi) is 8.56. The van der Waals surface area contributed by atoms with E-state index < -0.39 is 74.5 Å². The molecule has 1 unspecified atom stereocenters. The van der Waals surface area contributed by atoms with Gasteiger partial charge in [-0.25, -0.2) is 13.2 Å². The molecule has 2 atom stereocenters. The van der Waals surface area contributed by atoms with Gasteiger partial charge in [-0.1, -0.05) is 17.7 Å². The first-order chi connectivity index (χ1) is 20.6. The fraction of sp³-hybridized carbons (Fsp3) is 0.276. The van der Waals surface area contributed by atoms with Crippen molar-refractivity contribution in [2.75, 3.05) is 16.0 Å². The minimum Gasteiger partial charge on any atom is -0.326 e. The maximum Gasteiger partial charge on any atom is 0.419 e. The van der Waals surface area contributed by atoms with Crippen LogP contribution in [0.1, 0.15) is 46.7 Å². The van der Waals surface area contributed by atoms with E-state index in [1.54, 1.807) is 0 Å². The zero-order valence-electron chi connectivity index (χ0n) is 22.1. The lowest BCUT2D eigenvalue weighted by molar-refractivity contribution is -0.140. The first kappa shape index (κ1) is 31.9. The fourth-order valence-corrected chi connectivity index (χ4v) is 5.78. The number of carbonyl (C=O) groups is 3. The molecule has 0 saturated heterocycles. The molecular formula is C29H20Cl3F6N3O3. The van der Waals surface area contributed by atoms with Gasteiger partial charge in [0.25, 0.3) is 5.91 Å². The minimum atomic E-state index is -4.99. The van der Waals surface area contributed by atoms with Gasteiger partial charge in [0.05, 0.1) is 27.8 Å². The molecule has 3 amide bonds. The highest BCUT2D eigenvalue weighted by atomic mass is 35.5. The van der Waals surface area contributed by atoms with Gasteiger partial charge in [0, 0.05) is 18.0 Å². The third-order valence-corrected chi connectivity index (χ3v) is 8.51. The fourth-order valence-electron chi connectivity index (χ4n) is 4.75. The molecule has 232 valence electrons. The zero-order valence-corrected chi connectivity index (χ0v) is 24.4. The van der Waals surface area contributed by atoms with Crippen LogP contribution in [0.25, 0.3) is 0 Å². The molecule has 3 N–H and O–H groups in total. The van der Waals surface area contributed by atoms with Crippen molar-refractivity contribution >= 4 is 69.6 Å². The van der Waals surface area contributed by atoms with Gasteiger partial charge in [-0.15, -0.1) is 23.2 Å². The van der Waals surface area contributed by atoms with Crippen LogP contribution in [-0.4, -0.2) is 22.1 Å². The smallest absolute Gasteiger partial charge is 0.326 e. The first-order valence-corrected chi connectivity index (χ1v) is 14.2. The average molecular weight is 679 g/mol. The van der Waals surface area contributed by atoms with E-state index in [0.29, 0.717) is 12.1 Å². The normalized spacial score (nSPS) is 18.8. The van der Waals surface area contributed by atoms with E-state index in [1.807, 2.05) is 0 Å². The van der Waals surface area contributed by atoms with Gasteiger partial charge in [0.15, 0.2) is 5.82 Å². The van der Waals surface area contributed by atoms with Crippen molar-refractivity contribution in [2.45, 2.75) is 35.7 Å². The predicted molar refractivity (Wildman–Crippen MR) is 152 cm³/mol. The van der Waals surface area contributed by atoms with Crippen molar-refractivity contribution in [1.29, 1.82) is 0 Å². The number of benzene rings is 3. The van der Waals surface area contributed by atoms with Gasteiger partial charge in [-0.05, 0) is 66.8 Å². The molecule has 2 aliphatic carbocycles. The summed E-state index contributed by atoms with van der Waals surface area (Å²) < 4.78 is 80.9. The third-order valence-electron chi connectivity index (χ3n) is 7.24. The molecule has 2 saturated carbocycles. The molecular weight excluding hydrogens is 659 g/mol. The highest BCUT2D eigenvalue weighted by Gasteiger charge is 2.67. The Bertz CT molecular complexity index is 1680. The van der Waals surface area contributed by atoms with E-state index in [1.165, 1.54) is 12.1 Å². The summed E-state index contributed by atoms with van der Waals surface area (Å²) in [5, 5.41) is 6.78. The van der Waals surface area contributed by atoms with Crippen LogP contribution in [0.15, 0.2) is 48.5 Å². The number of carbonyl (C=O) groups excluding carboxylic acids is 3. The van der Waals surface area contributed by atoms with Crippen LogP contribution in [0.4, 0.5) is 43.4 Å². The highest BCUT2D eigenvalue weighted by Crippen LogP contribution is 2.65. The van der Waals surface area contributed by atoms with E-state index in [-0.39, 0.29) is 34.2 Å². The summed E-state index contributed by atoms with van der Waals surface area (Å²) in [5.74, 6) is -8.30. The van der Waals surface area contributed by atoms with Crippen LogP contribution in [0.5, 0.6) is 0 Å². The van der Waals surface area contributed by atoms with Crippen LogP contribution >= 0.6 is 34.8 Å². The van der Waals surface area contributed by atoms with Crippen molar-refractivity contribution in [3.05, 3.63) is 87.7 Å². The Morgan fingerprint density at radius 3 is 2.23 bits per heavy atom. The first-order valence-electron chi connectivity index (χ1n) is 13.0. The Morgan fingerprint density at radius 1 is 0.886 bits per heavy atom. The summed E-state index contributed by atoms with van der Waals surface area (Å²) in [6, 6.07) is 7.69. The molecule has 2 fully saturated rings. The van der Waals surface area contributed by atoms with Crippen molar-refractivity contribution in [1.82, 2.24) is 0 Å². The molecule has 3 aromatic carbocycles. The third kappa shape index (κ3) is 6.62. The van der Waals surface area contributed by atoms with Gasteiger partial charge >= 0.3 is 6.18 Å². The molecule has 2 aliphatic rings. The Morgan fingerprint density at radius 2 is 1.57 bits per heavy atom. The quantitative estimate of drug-likeness (QED) is 0.166. The van der Waals surface area contributed by atoms with Gasteiger partial charge in [-0.3, -0.25) is 14.4 Å². The van der Waals surface area contributed by atoms with Crippen LogP contribution in [0.2, 0.25) is 5.02 Å². The van der Waals surface area contributed by atoms with Gasteiger partial charge in [0.2, 0.25) is 11.8 Å². The molecule has 0 spiro atoms. The number of nitrogens with one attached hydrogen (secondary N) is 3. The number of anilines is 3. The number of hydrogen-bond donors (Lipinski definition) is 3. The molecule has 6 nitrogen and oxygen atoms in total. The SMILES string of the molecule is O=C(CC1CC1)Nc1c(F)ccc(NC(=O)c2cc(NC(=O)C3[C@H](c4ccc(F)c(C(F)(F)F)c4)C3(Cl)Cl)ccc2Cl)c1F. The summed E-state index contributed by atoms with van der Waals surface area (Å²) in [6.45, 7) is 0. The molecule has 44 heavy (non-hydrogen) atoms. The maximum absolute atomic E-state index is 15.1. The summed E-state index contributed by atoms with van der Waals surface area (Å²) in [6.07, 6.45) is -3.17. The molecule has 0 radical (unpaired) electrons. The van der Waals surface area contributed by atoms with Crippen LogP contribution in [0.3, 0.4) is 0 Å². The second kappa shape index (κ2) is 11.8. The largest absolute Gasteiger partial charge is 0.419 e. The molecule has 0 aromatic heterocycles. The zero-order chi connectivity index (χ0) is 32.1. The molecule has 15 heteroatoms. The van der Waals surface area contributed by atoms with Crippen LogP contribution in [-0.2, 0) is 15.8 Å². The van der Waals surface area contributed by atoms with Crippen molar-refractivity contribution < 1.29 is 40.7 Å². The number of halogens is 9. The van der Waals surface area contributed by atoms with E-state index in [9.17, 15) is 36.3 Å². The van der Waals surface area contributed by atoms with E-state index in [4.69, 9.17) is 34.8 Å². The van der Waals surface area contributed by atoms with Gasteiger partial charge in [0.1, 0.15) is 21.7 Å². The number of rotatable bonds is 8. The number of hydrogen-bond acceptors (Lipinski definition) is 3. The van der Waals surface area contributed by atoms with Crippen molar-refractivity contribution in [2.24, 2.45) is 11.8 Å². The molecule has 0 heterocycles. The van der Waals surface area contributed by atoms with E-state index in [0.717, 1.165) is 37.1 Å². The lowest BCUT2D eigenvalue weighted by Crippen LogP contribution is -2.19. The van der Waals surface area contributed by atoms with Crippen molar-refractivity contribution in [3.8, 4) is 0 Å². The molecule has 0 aliphatic heterocycles. The standard InChI is InChI=1S/C29H20Cl3F6N3O3/c30-17-5-4-14(39-27(44)23-22(28(23,31)32)13-3-6-18(33)16(10-13)29(36,37)38)11-15(17)26(43)40-20-8-7-19(34)25(24(20)35)41-21(42)9-12-1-2-12/h3-8,10-12,22-23H,1-2,9H2,(H,39,44)(H,40,43)(H,41,42)/t22-,23?/m0/s1. The lowest BCUT2D eigenvalue weighted by atomic mass is 10.0. The molecule has 3 aromatic rings. The topological polar surface area (TPSA) is 87.3 Å². The van der Waals surface area contributed by atoms with Crippen LogP contribution in [0, 0.1) is 29.3 Å². The Labute approximate surface area is 261 Å². The minimum absolute atomic E-state index is 0.00188. The van der Waals surface area contributed by atoms with E-state index >= 15 is 4.39 Å². The summed E-state index contributed by atoms with van der Waals surface area (Å²) in [4.78, 5) is 38.1. The summed E-state index contributed by atoms with van der Waals surface area (Å²) in [7, 11) is 0. The second-order valence-electron chi connectivity index (χ2n) is 10.5. The summed E-state index contributed by atoms with van der Waals surface area (Å²) in [5.41, 5.74) is -3.07. The number of amides is 3. The van der Waals surface area contributed by atoms with E-state index in [2.05, 4.69) is 16.0 Å². The lowest BCUT2D eigenvalue weighted by Gasteiger charge is -2.13. The predicted octanol–water partition coefficient (Wildman–Crippen LogP) is 8.29. The monoisotopic (exact) mass is 677 g/mol. The van der Waals surface area contributed by atoms with Crippen LogP contribution < -0.4 is 16.0 Å². The molecule has 5 rings (SSSR count). The summed E-state index contributed by atoms with van der Waals surface area (Å²) >= 11 is 18.6. The maximum atomic E-state index is 15.1. The van der Waals surface area contributed by atoms with Gasteiger partial charge < -0.3 is 16.0 Å². The van der Waals surface area contributed by atoms with Gasteiger partial charge in [-0.2, -0.15) is 13.2 Å². The second-order valence-corrected chi connectivity index (χ2v) is 12.3. The molecule has 0 bridgehead atoms. The van der Waals surface area contributed by atoms with Crippen molar-refractivity contribution in [3.63, 3.8) is 0 Å². The highest BCUT2D eigenvalue weighted by molar-refractivity contribution is 6.53. The average Bonchev–Trinajstić information content (AvgIpc) is 3.85. The number of alkyl halides is 5. The Balaban J connectivity index is 1.31.